The number of non-ortho nitro benzene ring substituents is 1. The topological polar surface area (TPSA) is 119 Å². The Morgan fingerprint density at radius 2 is 1.90 bits per heavy atom. The molecule has 0 spiro atoms. The maximum atomic E-state index is 13.6. The third-order valence-corrected chi connectivity index (χ3v) is 7.18. The largest absolute Gasteiger partial charge is 0.495 e. The van der Waals surface area contributed by atoms with Crippen molar-refractivity contribution in [2.45, 2.75) is 24.7 Å². The summed E-state index contributed by atoms with van der Waals surface area (Å²) in [6, 6.07) is 7.49. The third-order valence-electron chi connectivity index (χ3n) is 5.26. The molecular weight excluding hydrogens is 429 g/mol. The van der Waals surface area contributed by atoms with E-state index in [0.717, 1.165) is 12.1 Å². The summed E-state index contributed by atoms with van der Waals surface area (Å²) >= 11 is 0. The molecule has 2 aromatic rings. The van der Waals surface area contributed by atoms with Gasteiger partial charge in [-0.1, -0.05) is 6.07 Å². The molecule has 3 rings (SSSR count). The first-order valence-corrected chi connectivity index (χ1v) is 11.0. The molecule has 1 aliphatic heterocycles. The molecule has 0 aromatic heterocycles. The molecule has 166 valence electrons. The highest BCUT2D eigenvalue weighted by atomic mass is 32.2. The molecule has 0 saturated carbocycles. The lowest BCUT2D eigenvalue weighted by Gasteiger charge is -2.31. The number of carbonyl (C=O) groups is 1. The number of nitro groups is 1. The number of anilines is 1. The highest BCUT2D eigenvalue weighted by molar-refractivity contribution is 7.89. The lowest BCUT2D eigenvalue weighted by molar-refractivity contribution is -0.384. The van der Waals surface area contributed by atoms with Crippen LogP contribution in [0.15, 0.2) is 41.3 Å². The van der Waals surface area contributed by atoms with Gasteiger partial charge in [0.2, 0.25) is 15.9 Å². The lowest BCUT2D eigenvalue weighted by Crippen LogP contribution is -2.41. The fourth-order valence-corrected chi connectivity index (χ4v) is 5.08. The Morgan fingerprint density at radius 1 is 1.23 bits per heavy atom. The first-order valence-electron chi connectivity index (χ1n) is 9.53. The van der Waals surface area contributed by atoms with Crippen LogP contribution in [-0.4, -0.2) is 43.8 Å². The third kappa shape index (κ3) is 4.83. The zero-order valence-electron chi connectivity index (χ0n) is 17.0. The van der Waals surface area contributed by atoms with Crippen LogP contribution in [0.1, 0.15) is 18.4 Å². The zero-order chi connectivity index (χ0) is 22.8. The predicted octanol–water partition coefficient (Wildman–Crippen LogP) is 3.09. The molecule has 0 aliphatic carbocycles. The zero-order valence-corrected chi connectivity index (χ0v) is 17.8. The number of nitrogens with one attached hydrogen (secondary N) is 1. The first kappa shape index (κ1) is 22.6. The summed E-state index contributed by atoms with van der Waals surface area (Å²) in [7, 11) is -2.69. The smallest absolute Gasteiger partial charge is 0.271 e. The Bertz CT molecular complexity index is 1110. The Hall–Kier alpha value is -3.05. The number of amides is 1. The minimum absolute atomic E-state index is 0.0439. The second-order valence-electron chi connectivity index (χ2n) is 7.22. The van der Waals surface area contributed by atoms with Crippen molar-refractivity contribution in [3.8, 4) is 5.75 Å². The monoisotopic (exact) mass is 451 g/mol. The number of sulfonamides is 1. The average Bonchev–Trinajstić information content (AvgIpc) is 2.75. The molecule has 0 unspecified atom stereocenters. The van der Waals surface area contributed by atoms with Crippen LogP contribution in [0.3, 0.4) is 0 Å². The highest BCUT2D eigenvalue weighted by Crippen LogP contribution is 2.31. The van der Waals surface area contributed by atoms with Crippen LogP contribution < -0.4 is 10.1 Å². The number of nitrogens with zero attached hydrogens (tertiary/aromatic N) is 2. The molecule has 1 amide bonds. The Morgan fingerprint density at radius 3 is 2.52 bits per heavy atom. The van der Waals surface area contributed by atoms with Crippen molar-refractivity contribution in [2.24, 2.45) is 5.92 Å². The van der Waals surface area contributed by atoms with E-state index < -0.39 is 26.7 Å². The fourth-order valence-electron chi connectivity index (χ4n) is 3.44. The highest BCUT2D eigenvalue weighted by Gasteiger charge is 2.34. The predicted molar refractivity (Wildman–Crippen MR) is 111 cm³/mol. The van der Waals surface area contributed by atoms with E-state index in [1.165, 1.54) is 29.6 Å². The molecule has 1 aliphatic rings. The molecule has 0 bridgehead atoms. The number of rotatable bonds is 6. The standard InChI is InChI=1S/C20H22FN3O6S/c1-13-3-5-16(24(26)27)12-17(13)22-20(25)14-7-9-23(10-8-14)31(28,29)19-11-15(21)4-6-18(19)30-2/h3-6,11-12,14H,7-10H2,1-2H3,(H,22,25). The summed E-state index contributed by atoms with van der Waals surface area (Å²) in [5.41, 5.74) is 0.891. The van der Waals surface area contributed by atoms with E-state index in [1.54, 1.807) is 13.0 Å². The molecule has 1 heterocycles. The fraction of sp³-hybridized carbons (Fsp3) is 0.350. The van der Waals surface area contributed by atoms with E-state index in [1.807, 2.05) is 0 Å². The Labute approximate surface area is 179 Å². The second-order valence-corrected chi connectivity index (χ2v) is 9.13. The molecule has 31 heavy (non-hydrogen) atoms. The van der Waals surface area contributed by atoms with Crippen molar-refractivity contribution in [1.29, 1.82) is 0 Å². The summed E-state index contributed by atoms with van der Waals surface area (Å²) in [6.07, 6.45) is 0.521. The number of piperidine rings is 1. The first-order chi connectivity index (χ1) is 14.6. The van der Waals surface area contributed by atoms with Gasteiger partial charge in [0, 0.05) is 31.1 Å². The van der Waals surface area contributed by atoms with Gasteiger partial charge in [-0.3, -0.25) is 14.9 Å². The quantitative estimate of drug-likeness (QED) is 0.533. The van der Waals surface area contributed by atoms with Gasteiger partial charge in [-0.15, -0.1) is 0 Å². The van der Waals surface area contributed by atoms with Gasteiger partial charge in [0.15, 0.2) is 0 Å². The SMILES string of the molecule is COc1ccc(F)cc1S(=O)(=O)N1CCC(C(=O)Nc2cc([N+](=O)[O-])ccc2C)CC1. The molecule has 2 aromatic carbocycles. The number of halogens is 1. The van der Waals surface area contributed by atoms with Gasteiger partial charge in [-0.2, -0.15) is 4.31 Å². The van der Waals surface area contributed by atoms with Gasteiger partial charge >= 0.3 is 0 Å². The molecule has 1 saturated heterocycles. The Kier molecular flexibility index (Phi) is 6.56. The molecule has 1 fully saturated rings. The molecule has 0 radical (unpaired) electrons. The summed E-state index contributed by atoms with van der Waals surface area (Å²) in [5, 5.41) is 13.7. The van der Waals surface area contributed by atoms with Crippen molar-refractivity contribution in [3.05, 3.63) is 57.9 Å². The molecule has 0 atom stereocenters. The van der Waals surface area contributed by atoms with Crippen molar-refractivity contribution >= 4 is 27.3 Å². The van der Waals surface area contributed by atoms with Crippen molar-refractivity contribution < 1.29 is 27.3 Å². The van der Waals surface area contributed by atoms with Crippen molar-refractivity contribution in [3.63, 3.8) is 0 Å². The minimum Gasteiger partial charge on any atom is -0.495 e. The summed E-state index contributed by atoms with van der Waals surface area (Å²) in [6.45, 7) is 1.88. The number of methoxy groups -OCH3 is 1. The van der Waals surface area contributed by atoms with E-state index in [-0.39, 0.29) is 48.2 Å². The number of carbonyl (C=O) groups excluding carboxylic acids is 1. The van der Waals surface area contributed by atoms with Gasteiger partial charge in [0.05, 0.1) is 17.7 Å². The molecule has 9 nitrogen and oxygen atoms in total. The van der Waals surface area contributed by atoms with Crippen molar-refractivity contribution in [1.82, 2.24) is 4.31 Å². The van der Waals surface area contributed by atoms with Crippen molar-refractivity contribution in [2.75, 3.05) is 25.5 Å². The van der Waals surface area contributed by atoms with Gasteiger partial charge in [0.25, 0.3) is 5.69 Å². The molecule has 11 heteroatoms. The number of hydrogen-bond acceptors (Lipinski definition) is 6. The number of aryl methyl sites for hydroxylation is 1. The van der Waals surface area contributed by atoms with Crippen LogP contribution in [0.5, 0.6) is 5.75 Å². The normalized spacial score (nSPS) is 15.5. The molecule has 1 N–H and O–H groups in total. The van der Waals surface area contributed by atoms with Gasteiger partial charge in [0.1, 0.15) is 16.5 Å². The Balaban J connectivity index is 1.70. The number of benzene rings is 2. The van der Waals surface area contributed by atoms with Crippen LogP contribution in [0.2, 0.25) is 0 Å². The summed E-state index contributed by atoms with van der Waals surface area (Å²) < 4.78 is 45.8. The molecular formula is C20H22FN3O6S. The second kappa shape index (κ2) is 8.98. The minimum atomic E-state index is -4.00. The summed E-state index contributed by atoms with van der Waals surface area (Å²) in [4.78, 5) is 22.8. The maximum absolute atomic E-state index is 13.6. The van der Waals surface area contributed by atoms with Crippen LogP contribution in [0, 0.1) is 28.8 Å². The average molecular weight is 451 g/mol. The number of ether oxygens (including phenoxy) is 1. The van der Waals surface area contributed by atoms with Crippen LogP contribution in [0.4, 0.5) is 15.8 Å². The maximum Gasteiger partial charge on any atom is 0.271 e. The number of nitro benzene ring substituents is 1. The van der Waals surface area contributed by atoms with Gasteiger partial charge in [-0.05, 0) is 43.5 Å². The summed E-state index contributed by atoms with van der Waals surface area (Å²) in [5.74, 6) is -1.44. The van der Waals surface area contributed by atoms with Gasteiger partial charge < -0.3 is 10.1 Å². The number of hydrogen-bond donors (Lipinski definition) is 1. The van der Waals surface area contributed by atoms with E-state index in [0.29, 0.717) is 11.3 Å². The van der Waals surface area contributed by atoms with E-state index in [9.17, 15) is 27.7 Å². The van der Waals surface area contributed by atoms with Crippen LogP contribution >= 0.6 is 0 Å². The van der Waals surface area contributed by atoms with E-state index >= 15 is 0 Å². The lowest BCUT2D eigenvalue weighted by atomic mass is 9.97. The van der Waals surface area contributed by atoms with Gasteiger partial charge in [-0.25, -0.2) is 12.8 Å². The van der Waals surface area contributed by atoms with Crippen LogP contribution in [-0.2, 0) is 14.8 Å². The van der Waals surface area contributed by atoms with Crippen LogP contribution in [0.25, 0.3) is 0 Å². The van der Waals surface area contributed by atoms with E-state index in [4.69, 9.17) is 4.74 Å². The van der Waals surface area contributed by atoms with E-state index in [2.05, 4.69) is 5.32 Å².